The van der Waals surface area contributed by atoms with Gasteiger partial charge in [-0.15, -0.1) is 0 Å². The number of anilines is 2. The topological polar surface area (TPSA) is 57.0 Å². The third-order valence-corrected chi connectivity index (χ3v) is 3.09. The highest BCUT2D eigenvalue weighted by molar-refractivity contribution is 5.61. The first-order chi connectivity index (χ1) is 9.97. The number of methoxy groups -OCH3 is 2. The number of benzene rings is 1. The van der Waals surface area contributed by atoms with Crippen LogP contribution in [0.5, 0.6) is 5.75 Å². The molecule has 0 radical (unpaired) electrons. The molecule has 21 heavy (non-hydrogen) atoms. The molecule has 0 aliphatic heterocycles. The Morgan fingerprint density at radius 1 is 1.10 bits per heavy atom. The van der Waals surface area contributed by atoms with Gasteiger partial charge in [-0.25, -0.2) is 0 Å². The standard InChI is InChI=1S/C16H28N2O3/c1-12(2)21-16-9-14(17)8-15(10-16)18(6-7-19-4)13(3)11-20-5/h8-10,12-13H,6-7,11,17H2,1-5H3. The van der Waals surface area contributed by atoms with Crippen molar-refractivity contribution in [3.63, 3.8) is 0 Å². The van der Waals surface area contributed by atoms with Gasteiger partial charge < -0.3 is 24.8 Å². The Morgan fingerprint density at radius 2 is 1.81 bits per heavy atom. The number of rotatable bonds is 9. The van der Waals surface area contributed by atoms with Crippen LogP contribution in [0.4, 0.5) is 11.4 Å². The van der Waals surface area contributed by atoms with Crippen molar-refractivity contribution in [1.29, 1.82) is 0 Å². The van der Waals surface area contributed by atoms with E-state index in [1.54, 1.807) is 14.2 Å². The van der Waals surface area contributed by atoms with Crippen LogP contribution in [0.2, 0.25) is 0 Å². The molecule has 1 unspecified atom stereocenters. The Morgan fingerprint density at radius 3 is 2.38 bits per heavy atom. The molecule has 1 atom stereocenters. The third kappa shape index (κ3) is 5.81. The monoisotopic (exact) mass is 296 g/mol. The van der Waals surface area contributed by atoms with E-state index in [9.17, 15) is 0 Å². The maximum absolute atomic E-state index is 6.01. The maximum Gasteiger partial charge on any atom is 0.123 e. The number of nitrogens with zero attached hydrogens (tertiary/aromatic N) is 1. The predicted molar refractivity (Wildman–Crippen MR) is 87.2 cm³/mol. The number of ether oxygens (including phenoxy) is 3. The summed E-state index contributed by atoms with van der Waals surface area (Å²) in [7, 11) is 3.41. The summed E-state index contributed by atoms with van der Waals surface area (Å²) in [5, 5.41) is 0. The second-order valence-corrected chi connectivity index (χ2v) is 5.42. The van der Waals surface area contributed by atoms with Crippen LogP contribution >= 0.6 is 0 Å². The van der Waals surface area contributed by atoms with E-state index in [0.717, 1.165) is 18.0 Å². The molecule has 0 spiro atoms. The average Bonchev–Trinajstić information content (AvgIpc) is 2.38. The Bertz CT molecular complexity index is 424. The van der Waals surface area contributed by atoms with E-state index < -0.39 is 0 Å². The SMILES string of the molecule is COCCN(c1cc(N)cc(OC(C)C)c1)C(C)COC. The Hall–Kier alpha value is -1.46. The van der Waals surface area contributed by atoms with Gasteiger partial charge in [-0.05, 0) is 26.8 Å². The molecule has 0 heterocycles. The number of hydrogen-bond donors (Lipinski definition) is 1. The summed E-state index contributed by atoms with van der Waals surface area (Å²) in [6, 6.07) is 6.03. The van der Waals surface area contributed by atoms with Gasteiger partial charge in [0.05, 0.1) is 19.3 Å². The molecule has 0 amide bonds. The fraction of sp³-hybridized carbons (Fsp3) is 0.625. The van der Waals surface area contributed by atoms with E-state index in [-0.39, 0.29) is 12.1 Å². The molecule has 0 fully saturated rings. The second kappa shape index (κ2) is 8.74. The molecule has 0 bridgehead atoms. The Labute approximate surface area is 128 Å². The zero-order valence-corrected chi connectivity index (χ0v) is 13.8. The molecule has 0 aromatic heterocycles. The van der Waals surface area contributed by atoms with E-state index in [4.69, 9.17) is 19.9 Å². The fourth-order valence-electron chi connectivity index (χ4n) is 2.24. The zero-order chi connectivity index (χ0) is 15.8. The van der Waals surface area contributed by atoms with Crippen LogP contribution in [-0.2, 0) is 9.47 Å². The van der Waals surface area contributed by atoms with Crippen molar-refractivity contribution in [2.24, 2.45) is 0 Å². The average molecular weight is 296 g/mol. The first-order valence-electron chi connectivity index (χ1n) is 7.29. The first-order valence-corrected chi connectivity index (χ1v) is 7.29. The zero-order valence-electron chi connectivity index (χ0n) is 13.8. The lowest BCUT2D eigenvalue weighted by atomic mass is 10.2. The van der Waals surface area contributed by atoms with Crippen molar-refractivity contribution in [3.8, 4) is 5.75 Å². The molecule has 1 rings (SSSR count). The number of nitrogens with two attached hydrogens (primary N) is 1. The van der Waals surface area contributed by atoms with E-state index in [1.807, 2.05) is 32.0 Å². The van der Waals surface area contributed by atoms with Crippen molar-refractivity contribution < 1.29 is 14.2 Å². The molecule has 0 saturated carbocycles. The van der Waals surface area contributed by atoms with Gasteiger partial charge >= 0.3 is 0 Å². The summed E-state index contributed by atoms with van der Waals surface area (Å²) < 4.78 is 16.2. The van der Waals surface area contributed by atoms with Crippen LogP contribution in [0.15, 0.2) is 18.2 Å². The molecule has 0 aliphatic rings. The summed E-state index contributed by atoms with van der Waals surface area (Å²) >= 11 is 0. The normalized spacial score (nSPS) is 12.5. The van der Waals surface area contributed by atoms with Gasteiger partial charge in [0.2, 0.25) is 0 Å². The van der Waals surface area contributed by atoms with Crippen molar-refractivity contribution in [2.45, 2.75) is 32.9 Å². The first kappa shape index (κ1) is 17.6. The third-order valence-electron chi connectivity index (χ3n) is 3.09. The largest absolute Gasteiger partial charge is 0.491 e. The summed E-state index contributed by atoms with van der Waals surface area (Å²) in [4.78, 5) is 2.22. The number of hydrogen-bond acceptors (Lipinski definition) is 5. The number of nitrogen functional groups attached to an aromatic ring is 1. The molecule has 1 aromatic rings. The van der Waals surface area contributed by atoms with Gasteiger partial charge in [-0.3, -0.25) is 0 Å². The predicted octanol–water partition coefficient (Wildman–Crippen LogP) is 2.54. The Balaban J connectivity index is 3.01. The van der Waals surface area contributed by atoms with Gasteiger partial charge in [-0.1, -0.05) is 0 Å². The van der Waals surface area contributed by atoms with Gasteiger partial charge in [0.15, 0.2) is 0 Å². The molecule has 2 N–H and O–H groups in total. The molecule has 5 nitrogen and oxygen atoms in total. The summed E-state index contributed by atoms with van der Waals surface area (Å²) in [5.41, 5.74) is 7.72. The quantitative estimate of drug-likeness (QED) is 0.710. The van der Waals surface area contributed by atoms with Crippen LogP contribution in [0.3, 0.4) is 0 Å². The van der Waals surface area contributed by atoms with Gasteiger partial charge in [0.1, 0.15) is 5.75 Å². The molecule has 0 saturated heterocycles. The summed E-state index contributed by atoms with van der Waals surface area (Å²) in [5.74, 6) is 0.784. The van der Waals surface area contributed by atoms with Crippen LogP contribution in [0, 0.1) is 0 Å². The van der Waals surface area contributed by atoms with Crippen LogP contribution in [0.1, 0.15) is 20.8 Å². The van der Waals surface area contributed by atoms with Crippen molar-refractivity contribution in [2.75, 3.05) is 44.6 Å². The van der Waals surface area contributed by atoms with E-state index in [2.05, 4.69) is 11.8 Å². The van der Waals surface area contributed by atoms with E-state index in [1.165, 1.54) is 0 Å². The lowest BCUT2D eigenvalue weighted by molar-refractivity contribution is 0.171. The lowest BCUT2D eigenvalue weighted by Gasteiger charge is -2.31. The van der Waals surface area contributed by atoms with E-state index in [0.29, 0.717) is 18.9 Å². The Kier molecular flexibility index (Phi) is 7.32. The van der Waals surface area contributed by atoms with Crippen LogP contribution in [0.25, 0.3) is 0 Å². The maximum atomic E-state index is 6.01. The minimum Gasteiger partial charge on any atom is -0.491 e. The second-order valence-electron chi connectivity index (χ2n) is 5.42. The summed E-state index contributed by atoms with van der Waals surface area (Å²) in [6.07, 6.45) is 0.114. The fourth-order valence-corrected chi connectivity index (χ4v) is 2.24. The molecule has 1 aromatic carbocycles. The van der Waals surface area contributed by atoms with Crippen molar-refractivity contribution >= 4 is 11.4 Å². The summed E-state index contributed by atoms with van der Waals surface area (Å²) in [6.45, 7) is 8.16. The van der Waals surface area contributed by atoms with Crippen LogP contribution in [-0.4, -0.2) is 46.1 Å². The highest BCUT2D eigenvalue weighted by Crippen LogP contribution is 2.27. The lowest BCUT2D eigenvalue weighted by Crippen LogP contribution is -2.38. The van der Waals surface area contributed by atoms with Crippen molar-refractivity contribution in [3.05, 3.63) is 18.2 Å². The smallest absolute Gasteiger partial charge is 0.123 e. The molecule has 0 aliphatic carbocycles. The van der Waals surface area contributed by atoms with Gasteiger partial charge in [0.25, 0.3) is 0 Å². The van der Waals surface area contributed by atoms with Crippen molar-refractivity contribution in [1.82, 2.24) is 0 Å². The molecule has 5 heteroatoms. The minimum atomic E-state index is 0.114. The molecule has 120 valence electrons. The van der Waals surface area contributed by atoms with Gasteiger partial charge in [-0.2, -0.15) is 0 Å². The van der Waals surface area contributed by atoms with Crippen LogP contribution < -0.4 is 15.4 Å². The molecular weight excluding hydrogens is 268 g/mol. The van der Waals surface area contributed by atoms with Gasteiger partial charge in [0, 0.05) is 50.3 Å². The molecular formula is C16H28N2O3. The van der Waals surface area contributed by atoms with E-state index >= 15 is 0 Å². The highest BCUT2D eigenvalue weighted by Gasteiger charge is 2.16. The highest BCUT2D eigenvalue weighted by atomic mass is 16.5. The minimum absolute atomic E-state index is 0.114.